The number of rotatable bonds is 7. The molecule has 0 aromatic carbocycles. The van der Waals surface area contributed by atoms with Crippen LogP contribution in [0.3, 0.4) is 0 Å². The summed E-state index contributed by atoms with van der Waals surface area (Å²) in [6.45, 7) is 5.41. The number of H-pyrrole nitrogens is 1. The standard InChI is InChI=1S/C15H23N2O7P/c1-4-22-25(21,23-5-2)7-6-11-8-12(18)14(24-11)17-9-10(3)13(19)16-15(17)20/h6-7,9,11-12,14,18H,4-5,8H2,1-3H3,(H,16,19,20)/b7-6+/t11-,12?,14-/m1/s1. The fraction of sp³-hybridized carbons (Fsp3) is 0.600. The van der Waals surface area contributed by atoms with Crippen molar-refractivity contribution in [1.82, 2.24) is 9.55 Å². The summed E-state index contributed by atoms with van der Waals surface area (Å²) >= 11 is 0. The Morgan fingerprint density at radius 3 is 2.64 bits per heavy atom. The molecule has 0 radical (unpaired) electrons. The van der Waals surface area contributed by atoms with Gasteiger partial charge in [-0.05, 0) is 26.8 Å². The van der Waals surface area contributed by atoms with Crippen molar-refractivity contribution in [3.8, 4) is 0 Å². The van der Waals surface area contributed by atoms with Gasteiger partial charge in [0.15, 0.2) is 6.23 Å². The number of hydrogen-bond acceptors (Lipinski definition) is 7. The minimum Gasteiger partial charge on any atom is -0.388 e. The molecule has 1 aromatic rings. The van der Waals surface area contributed by atoms with Crippen LogP contribution in [0.5, 0.6) is 0 Å². The van der Waals surface area contributed by atoms with Gasteiger partial charge in [-0.25, -0.2) is 4.79 Å². The Balaban J connectivity index is 2.17. The normalized spacial score (nSPS) is 24.2. The second-order valence-corrected chi connectivity index (χ2v) is 7.46. The SMILES string of the molecule is CCOP(=O)(/C=C/[C@@H]1CC(O)[C@H](n2cc(C)c(=O)[nH]c2=O)O1)OCC. The molecule has 1 aromatic heterocycles. The van der Waals surface area contributed by atoms with E-state index in [1.807, 2.05) is 0 Å². The zero-order valence-electron chi connectivity index (χ0n) is 14.4. The highest BCUT2D eigenvalue weighted by Gasteiger charge is 2.35. The summed E-state index contributed by atoms with van der Waals surface area (Å²) in [7, 11) is -3.37. The van der Waals surface area contributed by atoms with Gasteiger partial charge in [-0.1, -0.05) is 0 Å². The van der Waals surface area contributed by atoms with Gasteiger partial charge < -0.3 is 18.9 Å². The highest BCUT2D eigenvalue weighted by Crippen LogP contribution is 2.50. The van der Waals surface area contributed by atoms with Gasteiger partial charge in [0.05, 0.1) is 19.3 Å². The summed E-state index contributed by atoms with van der Waals surface area (Å²) in [4.78, 5) is 25.5. The van der Waals surface area contributed by atoms with Crippen LogP contribution < -0.4 is 11.2 Å². The molecule has 3 atom stereocenters. The Hall–Kier alpha value is -1.51. The van der Waals surface area contributed by atoms with E-state index in [0.717, 1.165) is 4.57 Å². The number of aromatic nitrogens is 2. The summed E-state index contributed by atoms with van der Waals surface area (Å²) in [6, 6.07) is 0. The van der Waals surface area contributed by atoms with E-state index < -0.39 is 37.3 Å². The van der Waals surface area contributed by atoms with Crippen LogP contribution in [0.4, 0.5) is 0 Å². The lowest BCUT2D eigenvalue weighted by Crippen LogP contribution is -2.36. The van der Waals surface area contributed by atoms with E-state index >= 15 is 0 Å². The van der Waals surface area contributed by atoms with Crippen molar-refractivity contribution in [2.75, 3.05) is 13.2 Å². The van der Waals surface area contributed by atoms with Crippen molar-refractivity contribution in [2.24, 2.45) is 0 Å². The van der Waals surface area contributed by atoms with Gasteiger partial charge in [0, 0.05) is 24.0 Å². The first-order chi connectivity index (χ1) is 11.8. The first-order valence-corrected chi connectivity index (χ1v) is 9.64. The Bertz CT molecular complexity index is 775. The number of ether oxygens (including phenoxy) is 1. The van der Waals surface area contributed by atoms with Gasteiger partial charge in [0.2, 0.25) is 0 Å². The monoisotopic (exact) mass is 374 g/mol. The lowest BCUT2D eigenvalue weighted by molar-refractivity contribution is -0.0281. The highest BCUT2D eigenvalue weighted by atomic mass is 31.2. The van der Waals surface area contributed by atoms with Crippen molar-refractivity contribution >= 4 is 7.60 Å². The molecule has 1 unspecified atom stereocenters. The molecular weight excluding hydrogens is 351 g/mol. The first kappa shape index (κ1) is 19.8. The average molecular weight is 374 g/mol. The van der Waals surface area contributed by atoms with Crippen LogP contribution in [0.1, 0.15) is 32.1 Å². The Kier molecular flexibility index (Phi) is 6.53. The van der Waals surface area contributed by atoms with Crippen molar-refractivity contribution in [3.05, 3.63) is 44.5 Å². The number of aryl methyl sites for hydroxylation is 1. The topological polar surface area (TPSA) is 120 Å². The second-order valence-electron chi connectivity index (χ2n) is 5.56. The third kappa shape index (κ3) is 4.77. The maximum atomic E-state index is 12.4. The van der Waals surface area contributed by atoms with Crippen LogP contribution in [-0.4, -0.2) is 40.1 Å². The van der Waals surface area contributed by atoms with Gasteiger partial charge in [0.1, 0.15) is 6.10 Å². The Morgan fingerprint density at radius 1 is 1.40 bits per heavy atom. The zero-order valence-corrected chi connectivity index (χ0v) is 15.3. The highest BCUT2D eigenvalue weighted by molar-refractivity contribution is 7.57. The molecule has 0 aliphatic carbocycles. The lowest BCUT2D eigenvalue weighted by atomic mass is 10.2. The van der Waals surface area contributed by atoms with Crippen molar-refractivity contribution < 1.29 is 23.5 Å². The molecule has 9 nitrogen and oxygen atoms in total. The molecule has 1 saturated heterocycles. The van der Waals surface area contributed by atoms with Gasteiger partial charge in [-0.2, -0.15) is 0 Å². The number of hydrogen-bond donors (Lipinski definition) is 2. The molecule has 0 spiro atoms. The maximum Gasteiger partial charge on any atom is 0.353 e. The van der Waals surface area contributed by atoms with Crippen molar-refractivity contribution in [3.63, 3.8) is 0 Å². The Labute approximate surface area is 144 Å². The molecule has 2 rings (SSSR count). The molecular formula is C15H23N2O7P. The number of aliphatic hydroxyl groups excluding tert-OH is 1. The first-order valence-electron chi connectivity index (χ1n) is 8.03. The number of nitrogens with one attached hydrogen (secondary N) is 1. The fourth-order valence-electron chi connectivity index (χ4n) is 2.51. The quantitative estimate of drug-likeness (QED) is 0.690. The minimum absolute atomic E-state index is 0.198. The van der Waals surface area contributed by atoms with E-state index in [-0.39, 0.29) is 19.6 Å². The predicted molar refractivity (Wildman–Crippen MR) is 90.6 cm³/mol. The molecule has 10 heteroatoms. The summed E-state index contributed by atoms with van der Waals surface area (Å²) in [6.07, 6.45) is 0.552. The van der Waals surface area contributed by atoms with E-state index in [9.17, 15) is 19.3 Å². The molecule has 0 amide bonds. The van der Waals surface area contributed by atoms with E-state index in [1.165, 1.54) is 18.1 Å². The summed E-state index contributed by atoms with van der Waals surface area (Å²) in [5.74, 6) is 1.31. The smallest absolute Gasteiger partial charge is 0.353 e. The molecule has 2 N–H and O–H groups in total. The average Bonchev–Trinajstić information content (AvgIpc) is 2.90. The number of aliphatic hydroxyl groups is 1. The molecule has 1 fully saturated rings. The lowest BCUT2D eigenvalue weighted by Gasteiger charge is -2.17. The van der Waals surface area contributed by atoms with Crippen molar-refractivity contribution in [2.45, 2.75) is 45.6 Å². The zero-order chi connectivity index (χ0) is 18.6. The van der Waals surface area contributed by atoms with Crippen LogP contribution in [-0.2, 0) is 18.3 Å². The summed E-state index contributed by atoms with van der Waals surface area (Å²) in [5, 5.41) is 10.2. The summed E-state index contributed by atoms with van der Waals surface area (Å²) in [5.41, 5.74) is -0.829. The van der Waals surface area contributed by atoms with E-state index in [4.69, 9.17) is 13.8 Å². The van der Waals surface area contributed by atoms with Crippen LogP contribution in [0.25, 0.3) is 0 Å². The van der Waals surface area contributed by atoms with Crippen LogP contribution in [0, 0.1) is 6.92 Å². The largest absolute Gasteiger partial charge is 0.388 e. The molecule has 0 bridgehead atoms. The molecule has 2 heterocycles. The predicted octanol–water partition coefficient (Wildman–Crippen LogP) is 1.27. The van der Waals surface area contributed by atoms with Crippen LogP contribution in [0.2, 0.25) is 0 Å². The molecule has 1 aliphatic rings. The minimum atomic E-state index is -3.37. The maximum absolute atomic E-state index is 12.4. The van der Waals surface area contributed by atoms with E-state index in [0.29, 0.717) is 5.56 Å². The molecule has 1 aliphatic heterocycles. The van der Waals surface area contributed by atoms with Crippen LogP contribution in [0.15, 0.2) is 27.7 Å². The van der Waals surface area contributed by atoms with Gasteiger partial charge in [-0.3, -0.25) is 18.9 Å². The van der Waals surface area contributed by atoms with Crippen molar-refractivity contribution in [1.29, 1.82) is 0 Å². The fourth-order valence-corrected chi connectivity index (χ4v) is 3.88. The third-order valence-corrected chi connectivity index (χ3v) is 5.41. The van der Waals surface area contributed by atoms with Gasteiger partial charge in [-0.15, -0.1) is 0 Å². The van der Waals surface area contributed by atoms with E-state index in [1.54, 1.807) is 20.8 Å². The third-order valence-electron chi connectivity index (χ3n) is 3.64. The second kappa shape index (κ2) is 8.25. The number of nitrogens with zero attached hydrogens (tertiary/aromatic N) is 1. The Morgan fingerprint density at radius 2 is 2.04 bits per heavy atom. The molecule has 25 heavy (non-hydrogen) atoms. The van der Waals surface area contributed by atoms with Crippen LogP contribution >= 0.6 is 7.60 Å². The molecule has 0 saturated carbocycles. The van der Waals surface area contributed by atoms with E-state index in [2.05, 4.69) is 4.98 Å². The van der Waals surface area contributed by atoms with Gasteiger partial charge in [0.25, 0.3) is 5.56 Å². The van der Waals surface area contributed by atoms with Gasteiger partial charge >= 0.3 is 13.3 Å². The summed E-state index contributed by atoms with van der Waals surface area (Å²) < 4.78 is 29.5. The molecule has 140 valence electrons. The number of aromatic amines is 1.